The topological polar surface area (TPSA) is 0 Å². The summed E-state index contributed by atoms with van der Waals surface area (Å²) in [7, 11) is 0. The van der Waals surface area contributed by atoms with E-state index in [0.29, 0.717) is 0 Å². The highest BCUT2D eigenvalue weighted by atomic mass is 14.2. The van der Waals surface area contributed by atoms with Crippen LogP contribution in [0, 0.1) is 18.3 Å². The first-order valence-corrected chi connectivity index (χ1v) is 5.35. The van der Waals surface area contributed by atoms with Crippen LogP contribution in [0.15, 0.2) is 0 Å². The largest absolute Gasteiger partial charge is 0.0654 e. The first-order chi connectivity index (χ1) is 5.49. The van der Waals surface area contributed by atoms with Crippen molar-refractivity contribution in [1.82, 2.24) is 0 Å². The molecule has 0 rings (SSSR count). The van der Waals surface area contributed by atoms with Crippen molar-refractivity contribution in [3.05, 3.63) is 6.92 Å². The molecular formula is C12H25. The highest BCUT2D eigenvalue weighted by Crippen LogP contribution is 2.26. The number of hydrogen-bond acceptors (Lipinski definition) is 0. The summed E-state index contributed by atoms with van der Waals surface area (Å²) in [4.78, 5) is 0. The van der Waals surface area contributed by atoms with Crippen LogP contribution in [0.3, 0.4) is 0 Å². The van der Waals surface area contributed by atoms with E-state index in [-0.39, 0.29) is 5.41 Å². The van der Waals surface area contributed by atoms with E-state index < -0.39 is 0 Å². The Bertz CT molecular complexity index is 97.1. The molecule has 0 aliphatic rings. The summed E-state index contributed by atoms with van der Waals surface area (Å²) >= 11 is 0. The summed E-state index contributed by atoms with van der Waals surface area (Å²) in [5.41, 5.74) is 0.279. The first-order valence-electron chi connectivity index (χ1n) is 5.35. The van der Waals surface area contributed by atoms with Gasteiger partial charge >= 0.3 is 0 Å². The zero-order valence-electron chi connectivity index (χ0n) is 9.32. The predicted molar refractivity (Wildman–Crippen MR) is 57.1 cm³/mol. The molecule has 0 aromatic heterocycles. The number of hydrogen-bond donors (Lipinski definition) is 0. The quantitative estimate of drug-likeness (QED) is 0.551. The summed E-state index contributed by atoms with van der Waals surface area (Å²) < 4.78 is 0. The van der Waals surface area contributed by atoms with Crippen molar-refractivity contribution in [3.63, 3.8) is 0 Å². The van der Waals surface area contributed by atoms with Crippen LogP contribution in [0.5, 0.6) is 0 Å². The molecule has 0 aromatic carbocycles. The molecule has 0 heterocycles. The summed E-state index contributed by atoms with van der Waals surface area (Å²) in [6.07, 6.45) is 6.69. The molecule has 0 aliphatic heterocycles. The van der Waals surface area contributed by atoms with Crippen molar-refractivity contribution in [3.8, 4) is 0 Å². The van der Waals surface area contributed by atoms with Gasteiger partial charge in [0.25, 0.3) is 0 Å². The molecule has 0 amide bonds. The molecule has 0 saturated carbocycles. The maximum Gasteiger partial charge on any atom is -0.0354 e. The number of rotatable bonds is 6. The van der Waals surface area contributed by atoms with Crippen LogP contribution in [-0.4, -0.2) is 0 Å². The zero-order valence-corrected chi connectivity index (χ0v) is 9.32. The summed E-state index contributed by atoms with van der Waals surface area (Å²) in [5, 5.41) is 0. The second-order valence-electron chi connectivity index (χ2n) is 4.77. The lowest BCUT2D eigenvalue weighted by molar-refractivity contribution is 0.336. The second kappa shape index (κ2) is 5.61. The summed E-state index contributed by atoms with van der Waals surface area (Å²) in [6, 6.07) is 0. The Hall–Kier alpha value is 0. The van der Waals surface area contributed by atoms with E-state index in [4.69, 9.17) is 0 Å². The van der Waals surface area contributed by atoms with Crippen molar-refractivity contribution in [1.29, 1.82) is 0 Å². The van der Waals surface area contributed by atoms with E-state index in [1.165, 1.54) is 32.1 Å². The Morgan fingerprint density at radius 2 is 1.75 bits per heavy atom. The Labute approximate surface area is 78.8 Å². The highest BCUT2D eigenvalue weighted by Gasteiger charge is 2.13. The van der Waals surface area contributed by atoms with Crippen LogP contribution in [0.1, 0.15) is 59.8 Å². The lowest BCUT2D eigenvalue weighted by Crippen LogP contribution is -2.09. The van der Waals surface area contributed by atoms with Gasteiger partial charge in [-0.25, -0.2) is 0 Å². The van der Waals surface area contributed by atoms with Gasteiger partial charge in [-0.15, -0.1) is 0 Å². The van der Waals surface area contributed by atoms with E-state index in [2.05, 4.69) is 34.6 Å². The molecule has 0 aromatic rings. The Morgan fingerprint density at radius 1 is 1.17 bits per heavy atom. The van der Waals surface area contributed by atoms with Crippen molar-refractivity contribution >= 4 is 0 Å². The standard InChI is InChI=1S/C12H25/c1-6-8-11(7-2)9-10-12(3,4)5/h11H,3,6-10H2,1-2,4-5H3. The van der Waals surface area contributed by atoms with Crippen molar-refractivity contribution in [2.45, 2.75) is 59.8 Å². The second-order valence-corrected chi connectivity index (χ2v) is 4.77. The van der Waals surface area contributed by atoms with E-state index in [9.17, 15) is 0 Å². The van der Waals surface area contributed by atoms with Gasteiger partial charge in [-0.1, -0.05) is 47.0 Å². The molecule has 1 radical (unpaired) electrons. The van der Waals surface area contributed by atoms with Crippen LogP contribution >= 0.6 is 0 Å². The zero-order chi connectivity index (χ0) is 9.61. The predicted octanol–water partition coefficient (Wildman–Crippen LogP) is 4.45. The molecule has 0 aliphatic carbocycles. The highest BCUT2D eigenvalue weighted by molar-refractivity contribution is 4.72. The molecular weight excluding hydrogens is 144 g/mol. The van der Waals surface area contributed by atoms with Gasteiger partial charge in [-0.3, -0.25) is 0 Å². The van der Waals surface area contributed by atoms with Crippen molar-refractivity contribution in [2.75, 3.05) is 0 Å². The lowest BCUT2D eigenvalue weighted by Gasteiger charge is -2.21. The molecule has 0 spiro atoms. The van der Waals surface area contributed by atoms with Crippen molar-refractivity contribution in [2.24, 2.45) is 11.3 Å². The third-order valence-electron chi connectivity index (χ3n) is 2.50. The minimum Gasteiger partial charge on any atom is -0.0654 e. The molecule has 0 heteroatoms. The lowest BCUT2D eigenvalue weighted by atomic mass is 9.84. The molecule has 0 saturated heterocycles. The molecule has 0 N–H and O–H groups in total. The maximum atomic E-state index is 4.14. The van der Waals surface area contributed by atoms with Crippen LogP contribution in [0.4, 0.5) is 0 Å². The van der Waals surface area contributed by atoms with Crippen LogP contribution in [0.2, 0.25) is 0 Å². The van der Waals surface area contributed by atoms with Gasteiger partial charge in [0.15, 0.2) is 0 Å². The monoisotopic (exact) mass is 169 g/mol. The van der Waals surface area contributed by atoms with Gasteiger partial charge < -0.3 is 0 Å². The fourth-order valence-corrected chi connectivity index (χ4v) is 1.56. The van der Waals surface area contributed by atoms with Gasteiger partial charge in [0.2, 0.25) is 0 Å². The Balaban J connectivity index is 3.58. The summed E-state index contributed by atoms with van der Waals surface area (Å²) in [5.74, 6) is 0.941. The van der Waals surface area contributed by atoms with Gasteiger partial charge in [0.1, 0.15) is 0 Å². The third kappa shape index (κ3) is 6.69. The average molecular weight is 169 g/mol. The fraction of sp³-hybridized carbons (Fsp3) is 0.917. The average Bonchev–Trinajstić information content (AvgIpc) is 1.96. The molecule has 73 valence electrons. The van der Waals surface area contributed by atoms with E-state index in [1.54, 1.807) is 0 Å². The normalized spacial score (nSPS) is 14.8. The van der Waals surface area contributed by atoms with E-state index in [0.717, 1.165) is 5.92 Å². The van der Waals surface area contributed by atoms with Crippen molar-refractivity contribution < 1.29 is 0 Å². The fourth-order valence-electron chi connectivity index (χ4n) is 1.56. The first kappa shape index (κ1) is 12.0. The molecule has 12 heavy (non-hydrogen) atoms. The molecule has 1 atom stereocenters. The minimum absolute atomic E-state index is 0.279. The van der Waals surface area contributed by atoms with E-state index in [1.807, 2.05) is 0 Å². The molecule has 0 fully saturated rings. The molecule has 1 unspecified atom stereocenters. The smallest absolute Gasteiger partial charge is 0.0354 e. The molecule has 0 nitrogen and oxygen atoms in total. The van der Waals surface area contributed by atoms with Crippen LogP contribution < -0.4 is 0 Å². The Kier molecular flexibility index (Phi) is 5.61. The maximum absolute atomic E-state index is 4.14. The van der Waals surface area contributed by atoms with Gasteiger partial charge in [-0.2, -0.15) is 0 Å². The SMILES string of the molecule is [CH2]C(C)(C)CCC(CC)CCC. The minimum atomic E-state index is 0.279. The molecule has 0 bridgehead atoms. The Morgan fingerprint density at radius 3 is 2.08 bits per heavy atom. The summed E-state index contributed by atoms with van der Waals surface area (Å²) in [6.45, 7) is 13.2. The van der Waals surface area contributed by atoms with Gasteiger partial charge in [0, 0.05) is 0 Å². The van der Waals surface area contributed by atoms with E-state index >= 15 is 0 Å². The van der Waals surface area contributed by atoms with Crippen LogP contribution in [-0.2, 0) is 0 Å². The van der Waals surface area contributed by atoms with Gasteiger partial charge in [-0.05, 0) is 31.1 Å². The van der Waals surface area contributed by atoms with Gasteiger partial charge in [0.05, 0.1) is 0 Å². The third-order valence-corrected chi connectivity index (χ3v) is 2.50. The van der Waals surface area contributed by atoms with Crippen LogP contribution in [0.25, 0.3) is 0 Å².